The highest BCUT2D eigenvalue weighted by molar-refractivity contribution is 5.98. The molecule has 1 atom stereocenters. The molecule has 0 radical (unpaired) electrons. The molecule has 2 aliphatic rings. The normalized spacial score (nSPS) is 15.9. The van der Waals surface area contributed by atoms with Gasteiger partial charge in [0.2, 0.25) is 0 Å². The first kappa shape index (κ1) is 40.1. The second-order valence-corrected chi connectivity index (χ2v) is 12.9. The largest absolute Gasteiger partial charge is 0.491 e. The Kier molecular flexibility index (Phi) is 21.0. The van der Waals surface area contributed by atoms with Crippen LogP contribution in [0.2, 0.25) is 0 Å². The number of carbonyl (C=O) groups is 2. The maximum atomic E-state index is 12.5. The minimum absolute atomic E-state index is 0.213. The Morgan fingerprint density at radius 2 is 1.50 bits per heavy atom. The van der Waals surface area contributed by atoms with Crippen molar-refractivity contribution in [2.45, 2.75) is 112 Å². The molecule has 1 saturated carbocycles. The van der Waals surface area contributed by atoms with Crippen molar-refractivity contribution < 1.29 is 23.8 Å². The van der Waals surface area contributed by atoms with E-state index in [-0.39, 0.29) is 5.78 Å². The van der Waals surface area contributed by atoms with Crippen molar-refractivity contribution >= 4 is 11.6 Å². The summed E-state index contributed by atoms with van der Waals surface area (Å²) in [7, 11) is 0. The molecular weight excluding hydrogens is 576 g/mol. The Balaban J connectivity index is 0.000000410. The molecule has 1 aliphatic carbocycles. The monoisotopic (exact) mass is 642 g/mol. The quantitative estimate of drug-likeness (QED) is 0.0723. The van der Waals surface area contributed by atoms with Crippen LogP contribution in [0.1, 0.15) is 122 Å². The summed E-state index contributed by atoms with van der Waals surface area (Å²) in [4.78, 5) is 28.8. The molecule has 3 rings (SSSR count). The number of benzene rings is 1. The number of nitrogens with zero attached hydrogens (tertiary/aromatic N) is 2. The summed E-state index contributed by atoms with van der Waals surface area (Å²) < 4.78 is 17.3. The van der Waals surface area contributed by atoms with Crippen molar-refractivity contribution in [2.75, 3.05) is 72.3 Å². The molecule has 1 aromatic carbocycles. The Hall–Kier alpha value is -2.06. The smallest absolute Gasteiger partial charge is 0.163 e. The minimum atomic E-state index is 0.213. The van der Waals surface area contributed by atoms with Gasteiger partial charge in [-0.2, -0.15) is 0 Å². The lowest BCUT2D eigenvalue weighted by atomic mass is 9.82. The predicted octanol–water partition coefficient (Wildman–Crippen LogP) is 7.94. The van der Waals surface area contributed by atoms with Gasteiger partial charge in [0.15, 0.2) is 5.78 Å². The Bertz CT molecular complexity index is 1030. The lowest BCUT2D eigenvalue weighted by Gasteiger charge is -2.33. The summed E-state index contributed by atoms with van der Waals surface area (Å²) in [6, 6.07) is 5.77. The van der Waals surface area contributed by atoms with E-state index in [0.717, 1.165) is 108 Å². The van der Waals surface area contributed by atoms with Crippen LogP contribution in [-0.4, -0.2) is 93.7 Å². The molecule has 7 heteroatoms. The van der Waals surface area contributed by atoms with Gasteiger partial charge in [-0.1, -0.05) is 64.3 Å². The molecule has 0 N–H and O–H groups in total. The SMILES string of the molecule is CCCC(=O)CCC(C)C(C)=C1CCC1.CCCCC(=O)c1cccc(OCCOCCOCCN2CCN(CC)CC2)c1CC. The van der Waals surface area contributed by atoms with Crippen molar-refractivity contribution in [2.24, 2.45) is 5.92 Å². The highest BCUT2D eigenvalue weighted by atomic mass is 16.5. The van der Waals surface area contributed by atoms with Gasteiger partial charge in [0.05, 0.1) is 26.4 Å². The fourth-order valence-corrected chi connectivity index (χ4v) is 5.95. The predicted molar refractivity (Wildman–Crippen MR) is 190 cm³/mol. The van der Waals surface area contributed by atoms with E-state index in [1.54, 1.807) is 11.1 Å². The van der Waals surface area contributed by atoms with Crippen LogP contribution in [0, 0.1) is 5.92 Å². The summed E-state index contributed by atoms with van der Waals surface area (Å²) in [5, 5.41) is 0. The summed E-state index contributed by atoms with van der Waals surface area (Å²) in [5.74, 6) is 2.06. The molecular formula is C39H66N2O5. The molecule has 262 valence electrons. The first-order valence-electron chi connectivity index (χ1n) is 18.4. The fourth-order valence-electron chi connectivity index (χ4n) is 5.95. The molecule has 46 heavy (non-hydrogen) atoms. The lowest BCUT2D eigenvalue weighted by molar-refractivity contribution is -0.119. The molecule has 0 aromatic heterocycles. The average molecular weight is 643 g/mol. The van der Waals surface area contributed by atoms with Gasteiger partial charge in [-0.05, 0) is 70.4 Å². The number of unbranched alkanes of at least 4 members (excludes halogenated alkanes) is 1. The molecule has 2 fully saturated rings. The third kappa shape index (κ3) is 15.2. The fraction of sp³-hybridized carbons (Fsp3) is 0.744. The molecule has 1 heterocycles. The lowest BCUT2D eigenvalue weighted by Crippen LogP contribution is -2.47. The van der Waals surface area contributed by atoms with Gasteiger partial charge in [-0.25, -0.2) is 0 Å². The molecule has 1 aromatic rings. The van der Waals surface area contributed by atoms with Crippen molar-refractivity contribution in [3.8, 4) is 5.75 Å². The second kappa shape index (κ2) is 24.1. The van der Waals surface area contributed by atoms with Gasteiger partial charge >= 0.3 is 0 Å². The minimum Gasteiger partial charge on any atom is -0.491 e. The average Bonchev–Trinajstić information content (AvgIpc) is 3.05. The number of piperazine rings is 1. The highest BCUT2D eigenvalue weighted by Gasteiger charge is 2.17. The van der Waals surface area contributed by atoms with Crippen LogP contribution in [-0.2, 0) is 20.7 Å². The van der Waals surface area contributed by atoms with Crippen LogP contribution >= 0.6 is 0 Å². The van der Waals surface area contributed by atoms with E-state index >= 15 is 0 Å². The summed E-state index contributed by atoms with van der Waals surface area (Å²) >= 11 is 0. The second-order valence-electron chi connectivity index (χ2n) is 12.9. The number of rotatable bonds is 22. The van der Waals surface area contributed by atoms with Crippen molar-refractivity contribution in [1.29, 1.82) is 0 Å². The number of hydrogen-bond acceptors (Lipinski definition) is 7. The van der Waals surface area contributed by atoms with Crippen LogP contribution in [0.3, 0.4) is 0 Å². The highest BCUT2D eigenvalue weighted by Crippen LogP contribution is 2.33. The van der Waals surface area contributed by atoms with Gasteiger partial charge in [0.1, 0.15) is 18.1 Å². The third-order valence-corrected chi connectivity index (χ3v) is 9.50. The number of likely N-dealkylation sites (N-methyl/N-ethyl adjacent to an activating group) is 1. The van der Waals surface area contributed by atoms with E-state index in [0.29, 0.717) is 44.5 Å². The number of ether oxygens (including phenoxy) is 3. The number of Topliss-reactive ketones (excluding diaryl/α,β-unsaturated/α-hetero) is 2. The standard InChI is InChI=1S/C25H42N2O4.C14H24O/c1-4-7-10-24(28)23-9-8-11-25(22(23)5-2)31-21-20-30-19-18-29-17-16-27-14-12-26(6-3)13-15-27;1-4-6-14(15)10-9-11(2)12(3)13-7-5-8-13/h8-9,11H,4-7,10,12-21H2,1-3H3;11H,4-10H2,1-3H3. The zero-order valence-corrected chi connectivity index (χ0v) is 30.3. The molecule has 0 spiro atoms. The molecule has 1 aliphatic heterocycles. The van der Waals surface area contributed by atoms with Crippen molar-refractivity contribution in [3.63, 3.8) is 0 Å². The molecule has 0 bridgehead atoms. The van der Waals surface area contributed by atoms with E-state index in [1.807, 2.05) is 18.2 Å². The van der Waals surface area contributed by atoms with Crippen LogP contribution in [0.5, 0.6) is 5.75 Å². The van der Waals surface area contributed by atoms with Crippen LogP contribution in [0.4, 0.5) is 0 Å². The molecule has 1 saturated heterocycles. The maximum Gasteiger partial charge on any atom is 0.163 e. The van der Waals surface area contributed by atoms with Crippen LogP contribution < -0.4 is 4.74 Å². The Labute approximate surface area is 281 Å². The zero-order valence-electron chi connectivity index (χ0n) is 30.3. The molecule has 0 amide bonds. The van der Waals surface area contributed by atoms with E-state index < -0.39 is 0 Å². The first-order valence-corrected chi connectivity index (χ1v) is 18.4. The van der Waals surface area contributed by atoms with Gasteiger partial charge in [-0.3, -0.25) is 14.5 Å². The third-order valence-electron chi connectivity index (χ3n) is 9.50. The molecule has 1 unspecified atom stereocenters. The Morgan fingerprint density at radius 1 is 0.826 bits per heavy atom. The topological polar surface area (TPSA) is 68.3 Å². The van der Waals surface area contributed by atoms with E-state index in [4.69, 9.17) is 14.2 Å². The van der Waals surface area contributed by atoms with Crippen molar-refractivity contribution in [3.05, 3.63) is 40.5 Å². The van der Waals surface area contributed by atoms with Gasteiger partial charge in [0, 0.05) is 63.1 Å². The summed E-state index contributed by atoms with van der Waals surface area (Å²) in [6.45, 7) is 22.6. The van der Waals surface area contributed by atoms with Crippen LogP contribution in [0.25, 0.3) is 0 Å². The maximum absolute atomic E-state index is 12.5. The summed E-state index contributed by atoms with van der Waals surface area (Å²) in [6.07, 6.45) is 10.9. The Morgan fingerprint density at radius 3 is 2.11 bits per heavy atom. The van der Waals surface area contributed by atoms with E-state index in [2.05, 4.69) is 51.3 Å². The summed E-state index contributed by atoms with van der Waals surface area (Å²) in [5.41, 5.74) is 5.03. The number of hydrogen-bond donors (Lipinski definition) is 0. The molecule has 7 nitrogen and oxygen atoms in total. The van der Waals surface area contributed by atoms with Crippen LogP contribution in [0.15, 0.2) is 29.3 Å². The van der Waals surface area contributed by atoms with Gasteiger partial charge in [0.25, 0.3) is 0 Å². The number of carbonyl (C=O) groups excluding carboxylic acids is 2. The zero-order chi connectivity index (χ0) is 33.6. The van der Waals surface area contributed by atoms with Gasteiger partial charge < -0.3 is 19.1 Å². The van der Waals surface area contributed by atoms with E-state index in [1.165, 1.54) is 19.3 Å². The number of ketones is 2. The first-order chi connectivity index (χ1) is 22.3. The van der Waals surface area contributed by atoms with Crippen molar-refractivity contribution in [1.82, 2.24) is 9.80 Å². The van der Waals surface area contributed by atoms with E-state index in [9.17, 15) is 9.59 Å². The van der Waals surface area contributed by atoms with Gasteiger partial charge in [-0.15, -0.1) is 0 Å². The number of allylic oxidation sites excluding steroid dienone is 2.